The summed E-state index contributed by atoms with van der Waals surface area (Å²) in [6.07, 6.45) is 4.59. The van der Waals surface area contributed by atoms with Gasteiger partial charge in [-0.1, -0.05) is 6.07 Å². The minimum Gasteiger partial charge on any atom is -0.495 e. The van der Waals surface area contributed by atoms with Crippen molar-refractivity contribution in [1.82, 2.24) is 9.62 Å². The summed E-state index contributed by atoms with van der Waals surface area (Å²) in [5.74, 6) is 0.698. The molecule has 9 heteroatoms. The van der Waals surface area contributed by atoms with Gasteiger partial charge in [0.25, 0.3) is 0 Å². The molecule has 0 spiro atoms. The number of carbonyl (C=O) groups excluding carboxylic acids is 1. The van der Waals surface area contributed by atoms with Crippen LogP contribution >= 0.6 is 11.3 Å². The molecule has 0 bridgehead atoms. The van der Waals surface area contributed by atoms with Gasteiger partial charge in [-0.3, -0.25) is 4.79 Å². The lowest BCUT2D eigenvalue weighted by Gasteiger charge is -2.19. The number of hydrogen-bond donors (Lipinski definition) is 1. The summed E-state index contributed by atoms with van der Waals surface area (Å²) in [5.41, 5.74) is 0.563. The Morgan fingerprint density at radius 3 is 2.65 bits per heavy atom. The average molecular weight is 461 g/mol. The van der Waals surface area contributed by atoms with E-state index < -0.39 is 10.0 Å². The highest BCUT2D eigenvalue weighted by Gasteiger charge is 2.18. The van der Waals surface area contributed by atoms with E-state index in [0.29, 0.717) is 24.4 Å². The number of nitrogens with zero attached hydrogens (tertiary/aromatic N) is 1. The molecule has 2 heterocycles. The number of sulfonamides is 1. The van der Waals surface area contributed by atoms with Gasteiger partial charge in [-0.05, 0) is 62.0 Å². The second-order valence-electron chi connectivity index (χ2n) is 6.74. The van der Waals surface area contributed by atoms with Gasteiger partial charge < -0.3 is 14.1 Å². The van der Waals surface area contributed by atoms with Crippen LogP contribution in [0, 0.1) is 6.92 Å². The predicted octanol–water partition coefficient (Wildman–Crippen LogP) is 3.81. The van der Waals surface area contributed by atoms with E-state index in [1.54, 1.807) is 46.8 Å². The zero-order chi connectivity index (χ0) is 22.4. The first kappa shape index (κ1) is 22.8. The zero-order valence-electron chi connectivity index (χ0n) is 17.5. The van der Waals surface area contributed by atoms with E-state index in [4.69, 9.17) is 9.15 Å². The number of furan rings is 1. The Kier molecular flexibility index (Phi) is 7.32. The van der Waals surface area contributed by atoms with Crippen LogP contribution < -0.4 is 9.46 Å². The lowest BCUT2D eigenvalue weighted by molar-refractivity contribution is -0.127. The highest BCUT2D eigenvalue weighted by molar-refractivity contribution is 7.89. The fourth-order valence-electron chi connectivity index (χ4n) is 2.95. The Morgan fingerprint density at radius 1 is 1.23 bits per heavy atom. The first-order valence-electron chi connectivity index (χ1n) is 9.48. The van der Waals surface area contributed by atoms with Gasteiger partial charge in [0.15, 0.2) is 0 Å². The maximum absolute atomic E-state index is 13.0. The van der Waals surface area contributed by atoms with E-state index in [9.17, 15) is 13.2 Å². The molecule has 0 atom stereocenters. The molecule has 0 aliphatic carbocycles. The molecule has 0 fully saturated rings. The Bertz CT molecular complexity index is 1160. The Labute approximate surface area is 186 Å². The monoisotopic (exact) mass is 460 g/mol. The number of aryl methyl sites for hydroxylation is 1. The molecule has 0 aliphatic heterocycles. The lowest BCUT2D eigenvalue weighted by Crippen LogP contribution is -2.28. The highest BCUT2D eigenvalue weighted by atomic mass is 32.2. The summed E-state index contributed by atoms with van der Waals surface area (Å²) in [4.78, 5) is 16.9. The number of methoxy groups -OCH3 is 1. The van der Waals surface area contributed by atoms with Gasteiger partial charge in [-0.2, -0.15) is 0 Å². The normalized spacial score (nSPS) is 11.7. The summed E-state index contributed by atoms with van der Waals surface area (Å²) in [6.45, 7) is 2.80. The van der Waals surface area contributed by atoms with Crippen LogP contribution in [-0.2, 0) is 27.9 Å². The molecule has 31 heavy (non-hydrogen) atoms. The molecule has 0 unspecified atom stereocenters. The number of ether oxygens (including phenoxy) is 1. The average Bonchev–Trinajstić information content (AvgIpc) is 3.43. The molecule has 0 saturated heterocycles. The van der Waals surface area contributed by atoms with Crippen LogP contribution in [0.15, 0.2) is 64.1 Å². The molecule has 0 aliphatic rings. The SMILES string of the molecule is CNS(=O)(=O)c1cc(/C=C/C(=O)N(Cc2ccco2)Cc2ccc(C)s2)ccc1OC. The fourth-order valence-corrected chi connectivity index (χ4v) is 4.78. The minimum absolute atomic E-state index is 0.00796. The van der Waals surface area contributed by atoms with Crippen molar-refractivity contribution in [2.75, 3.05) is 14.2 Å². The summed E-state index contributed by atoms with van der Waals surface area (Å²) in [7, 11) is -0.969. The second-order valence-corrected chi connectivity index (χ2v) is 9.96. The third-order valence-electron chi connectivity index (χ3n) is 4.55. The molecule has 3 aromatic rings. The molecule has 1 aromatic carbocycles. The van der Waals surface area contributed by atoms with Crippen molar-refractivity contribution in [2.24, 2.45) is 0 Å². The van der Waals surface area contributed by atoms with Gasteiger partial charge in [0.1, 0.15) is 16.4 Å². The number of carbonyl (C=O) groups is 1. The van der Waals surface area contributed by atoms with Gasteiger partial charge in [0.05, 0.1) is 26.5 Å². The smallest absolute Gasteiger partial charge is 0.247 e. The van der Waals surface area contributed by atoms with E-state index in [1.807, 2.05) is 25.1 Å². The first-order chi connectivity index (χ1) is 14.8. The third-order valence-corrected chi connectivity index (χ3v) is 6.97. The number of amides is 1. The van der Waals surface area contributed by atoms with Crippen LogP contribution in [-0.4, -0.2) is 33.4 Å². The van der Waals surface area contributed by atoms with E-state index in [2.05, 4.69) is 4.72 Å². The minimum atomic E-state index is -3.71. The Morgan fingerprint density at radius 2 is 2.03 bits per heavy atom. The van der Waals surface area contributed by atoms with Crippen LogP contribution in [0.1, 0.15) is 21.1 Å². The topological polar surface area (TPSA) is 88.9 Å². The second kappa shape index (κ2) is 9.95. The summed E-state index contributed by atoms with van der Waals surface area (Å²) < 4.78 is 37.4. The van der Waals surface area contributed by atoms with E-state index in [1.165, 1.54) is 31.2 Å². The van der Waals surface area contributed by atoms with Crippen molar-refractivity contribution in [3.05, 3.63) is 75.9 Å². The largest absolute Gasteiger partial charge is 0.495 e. The predicted molar refractivity (Wildman–Crippen MR) is 120 cm³/mol. The van der Waals surface area contributed by atoms with Crippen molar-refractivity contribution in [3.8, 4) is 5.75 Å². The van der Waals surface area contributed by atoms with Crippen LogP contribution in [0.5, 0.6) is 5.75 Å². The summed E-state index contributed by atoms with van der Waals surface area (Å²) in [6, 6.07) is 12.3. The number of hydrogen-bond acceptors (Lipinski definition) is 6. The van der Waals surface area contributed by atoms with Crippen molar-refractivity contribution in [3.63, 3.8) is 0 Å². The van der Waals surface area contributed by atoms with Crippen LogP contribution in [0.3, 0.4) is 0 Å². The number of nitrogens with one attached hydrogen (secondary N) is 1. The highest BCUT2D eigenvalue weighted by Crippen LogP contribution is 2.25. The molecule has 3 rings (SSSR count). The van der Waals surface area contributed by atoms with Gasteiger partial charge >= 0.3 is 0 Å². The van der Waals surface area contributed by atoms with Crippen molar-refractivity contribution >= 4 is 33.3 Å². The lowest BCUT2D eigenvalue weighted by atomic mass is 10.2. The molecule has 0 radical (unpaired) electrons. The maximum Gasteiger partial charge on any atom is 0.247 e. The van der Waals surface area contributed by atoms with Crippen LogP contribution in [0.2, 0.25) is 0 Å². The Hall–Kier alpha value is -2.88. The zero-order valence-corrected chi connectivity index (χ0v) is 19.1. The Balaban J connectivity index is 1.84. The van der Waals surface area contributed by atoms with E-state index in [-0.39, 0.29) is 16.6 Å². The number of thiophene rings is 1. The van der Waals surface area contributed by atoms with Gasteiger partial charge in [0, 0.05) is 15.8 Å². The molecular formula is C22H24N2O5S2. The third kappa shape index (κ3) is 5.84. The van der Waals surface area contributed by atoms with Crippen molar-refractivity contribution in [2.45, 2.75) is 24.9 Å². The molecule has 1 amide bonds. The summed E-state index contributed by atoms with van der Waals surface area (Å²) >= 11 is 1.64. The molecule has 0 saturated carbocycles. The van der Waals surface area contributed by atoms with Crippen molar-refractivity contribution in [1.29, 1.82) is 0 Å². The van der Waals surface area contributed by atoms with Crippen LogP contribution in [0.25, 0.3) is 6.08 Å². The maximum atomic E-state index is 13.0. The van der Waals surface area contributed by atoms with Gasteiger partial charge in [0.2, 0.25) is 15.9 Å². The standard InChI is InChI=1S/C22H24N2O5S2/c1-16-6-9-19(30-16)15-24(14-18-5-4-12-29-18)22(25)11-8-17-7-10-20(28-3)21(13-17)31(26,27)23-2/h4-13,23H,14-15H2,1-3H3/b11-8+. The fraction of sp³-hybridized carbons (Fsp3) is 0.227. The molecule has 1 N–H and O–H groups in total. The molecule has 164 valence electrons. The van der Waals surface area contributed by atoms with Crippen LogP contribution in [0.4, 0.5) is 0 Å². The van der Waals surface area contributed by atoms with Crippen molar-refractivity contribution < 1.29 is 22.4 Å². The number of benzene rings is 1. The van der Waals surface area contributed by atoms with Gasteiger partial charge in [-0.25, -0.2) is 13.1 Å². The van der Waals surface area contributed by atoms with E-state index in [0.717, 1.165) is 4.88 Å². The van der Waals surface area contributed by atoms with E-state index >= 15 is 0 Å². The molecule has 7 nitrogen and oxygen atoms in total. The number of rotatable bonds is 9. The van der Waals surface area contributed by atoms with Gasteiger partial charge in [-0.15, -0.1) is 11.3 Å². The quantitative estimate of drug-likeness (QED) is 0.491. The first-order valence-corrected chi connectivity index (χ1v) is 11.8. The summed E-state index contributed by atoms with van der Waals surface area (Å²) in [5, 5.41) is 0. The molecule has 2 aromatic heterocycles. The molecular weight excluding hydrogens is 436 g/mol.